The number of hydrogen-bond acceptors (Lipinski definition) is 4. The number of amides is 1. The van der Waals surface area contributed by atoms with Gasteiger partial charge in [0.2, 0.25) is 0 Å². The minimum Gasteiger partial charge on any atom is -0.494 e. The van der Waals surface area contributed by atoms with Crippen molar-refractivity contribution in [2.45, 2.75) is 0 Å². The first-order chi connectivity index (χ1) is 11.1. The van der Waals surface area contributed by atoms with E-state index in [2.05, 4.69) is 9.88 Å². The fourth-order valence-electron chi connectivity index (χ4n) is 2.70. The Morgan fingerprint density at radius 2 is 2.00 bits per heavy atom. The van der Waals surface area contributed by atoms with Crippen LogP contribution in [0.3, 0.4) is 0 Å². The molecule has 1 aliphatic heterocycles. The van der Waals surface area contributed by atoms with Gasteiger partial charge >= 0.3 is 0 Å². The molecule has 1 aromatic heterocycles. The van der Waals surface area contributed by atoms with Crippen LogP contribution in [-0.2, 0) is 7.05 Å². The average Bonchev–Trinajstić information content (AvgIpc) is 3.01. The van der Waals surface area contributed by atoms with E-state index in [4.69, 9.17) is 4.74 Å². The summed E-state index contributed by atoms with van der Waals surface area (Å²) in [6, 6.07) is 4.82. The van der Waals surface area contributed by atoms with Crippen molar-refractivity contribution in [3.05, 3.63) is 42.2 Å². The molecular formula is C16H19FN4O2. The lowest BCUT2D eigenvalue weighted by atomic mass is 10.2. The van der Waals surface area contributed by atoms with Crippen molar-refractivity contribution >= 4 is 11.6 Å². The first kappa shape index (κ1) is 15.3. The highest BCUT2D eigenvalue weighted by molar-refractivity contribution is 5.92. The van der Waals surface area contributed by atoms with Gasteiger partial charge < -0.3 is 19.1 Å². The fourth-order valence-corrected chi connectivity index (χ4v) is 2.70. The highest BCUT2D eigenvalue weighted by Gasteiger charge is 2.24. The molecule has 0 unspecified atom stereocenters. The number of carbonyl (C=O) groups is 1. The Morgan fingerprint density at radius 3 is 2.61 bits per heavy atom. The molecule has 1 aromatic carbocycles. The number of benzene rings is 1. The number of halogens is 1. The van der Waals surface area contributed by atoms with Gasteiger partial charge in [0.25, 0.3) is 5.91 Å². The predicted octanol–water partition coefficient (Wildman–Crippen LogP) is 1.53. The van der Waals surface area contributed by atoms with Gasteiger partial charge in [-0.1, -0.05) is 0 Å². The second-order valence-corrected chi connectivity index (χ2v) is 5.52. The molecule has 0 saturated carbocycles. The summed E-state index contributed by atoms with van der Waals surface area (Å²) in [4.78, 5) is 20.4. The Hall–Kier alpha value is -2.57. The molecule has 0 radical (unpaired) electrons. The van der Waals surface area contributed by atoms with Gasteiger partial charge in [0.05, 0.1) is 13.4 Å². The van der Waals surface area contributed by atoms with Crippen LogP contribution in [0.15, 0.2) is 30.7 Å². The first-order valence-electron chi connectivity index (χ1n) is 7.44. The number of methoxy groups -OCH3 is 1. The van der Waals surface area contributed by atoms with Gasteiger partial charge in [-0.2, -0.15) is 0 Å². The number of ether oxygens (including phenoxy) is 1. The molecule has 0 atom stereocenters. The second kappa shape index (κ2) is 6.28. The van der Waals surface area contributed by atoms with Crippen molar-refractivity contribution in [3.8, 4) is 5.75 Å². The van der Waals surface area contributed by atoms with Crippen LogP contribution in [0, 0.1) is 5.82 Å². The summed E-state index contributed by atoms with van der Waals surface area (Å²) in [5.41, 5.74) is 1.36. The van der Waals surface area contributed by atoms with Crippen molar-refractivity contribution in [2.24, 2.45) is 7.05 Å². The summed E-state index contributed by atoms with van der Waals surface area (Å²) < 4.78 is 20.3. The molecule has 0 aliphatic carbocycles. The molecule has 23 heavy (non-hydrogen) atoms. The van der Waals surface area contributed by atoms with Crippen molar-refractivity contribution in [1.29, 1.82) is 0 Å². The number of piperazine rings is 1. The standard InChI is InChI=1S/C16H19FN4O2/c1-19-10-14(18-11-19)16(22)21-7-5-20(6-8-21)12-3-4-13(17)15(9-12)23-2/h3-4,9-11H,5-8H2,1-2H3. The van der Waals surface area contributed by atoms with Crippen LogP contribution in [0.1, 0.15) is 10.5 Å². The molecule has 0 spiro atoms. The zero-order valence-electron chi connectivity index (χ0n) is 13.2. The Bertz CT molecular complexity index is 708. The summed E-state index contributed by atoms with van der Waals surface area (Å²) in [5, 5.41) is 0. The number of hydrogen-bond donors (Lipinski definition) is 0. The Labute approximate surface area is 134 Å². The molecule has 3 rings (SSSR count). The summed E-state index contributed by atoms with van der Waals surface area (Å²) in [6.45, 7) is 2.59. The minimum absolute atomic E-state index is 0.0538. The molecule has 0 N–H and O–H groups in total. The van der Waals surface area contributed by atoms with E-state index >= 15 is 0 Å². The van der Waals surface area contributed by atoms with Gasteiger partial charge in [-0.05, 0) is 12.1 Å². The third-order valence-corrected chi connectivity index (χ3v) is 3.99. The molecule has 2 aromatic rings. The lowest BCUT2D eigenvalue weighted by Gasteiger charge is -2.36. The molecule has 1 aliphatic rings. The van der Waals surface area contributed by atoms with Crippen LogP contribution < -0.4 is 9.64 Å². The summed E-state index contributed by atoms with van der Waals surface area (Å²) in [5.74, 6) is -0.198. The zero-order chi connectivity index (χ0) is 16.4. The summed E-state index contributed by atoms with van der Waals surface area (Å²) >= 11 is 0. The maximum atomic E-state index is 13.5. The zero-order valence-corrected chi connectivity index (χ0v) is 13.2. The average molecular weight is 318 g/mol. The largest absolute Gasteiger partial charge is 0.494 e. The van der Waals surface area contributed by atoms with Crippen LogP contribution in [-0.4, -0.2) is 53.6 Å². The molecule has 2 heterocycles. The van der Waals surface area contributed by atoms with Gasteiger partial charge in [-0.25, -0.2) is 9.37 Å². The number of nitrogens with zero attached hydrogens (tertiary/aromatic N) is 4. The van der Waals surface area contributed by atoms with Crippen LogP contribution >= 0.6 is 0 Å². The maximum Gasteiger partial charge on any atom is 0.274 e. The topological polar surface area (TPSA) is 50.6 Å². The molecule has 6 nitrogen and oxygen atoms in total. The molecule has 1 saturated heterocycles. The lowest BCUT2D eigenvalue weighted by Crippen LogP contribution is -2.48. The monoisotopic (exact) mass is 318 g/mol. The Morgan fingerprint density at radius 1 is 1.26 bits per heavy atom. The van der Waals surface area contributed by atoms with E-state index in [-0.39, 0.29) is 17.5 Å². The van der Waals surface area contributed by atoms with Gasteiger partial charge in [0.1, 0.15) is 5.69 Å². The number of carbonyl (C=O) groups excluding carboxylic acids is 1. The highest BCUT2D eigenvalue weighted by Crippen LogP contribution is 2.25. The van der Waals surface area contributed by atoms with Crippen LogP contribution in [0.4, 0.5) is 10.1 Å². The van der Waals surface area contributed by atoms with Gasteiger partial charge in [0, 0.05) is 51.2 Å². The number of aromatic nitrogens is 2. The summed E-state index contributed by atoms with van der Waals surface area (Å²) in [7, 11) is 3.29. The molecule has 7 heteroatoms. The minimum atomic E-state index is -0.375. The van der Waals surface area contributed by atoms with Crippen molar-refractivity contribution in [3.63, 3.8) is 0 Å². The highest BCUT2D eigenvalue weighted by atomic mass is 19.1. The number of imidazole rings is 1. The predicted molar refractivity (Wildman–Crippen MR) is 84.3 cm³/mol. The van der Waals surface area contributed by atoms with Gasteiger partial charge in [0.15, 0.2) is 11.6 Å². The Balaban J connectivity index is 1.65. The molecule has 1 fully saturated rings. The molecule has 122 valence electrons. The van der Waals surface area contributed by atoms with Crippen LogP contribution in [0.25, 0.3) is 0 Å². The van der Waals surface area contributed by atoms with E-state index in [0.717, 1.165) is 5.69 Å². The Kier molecular flexibility index (Phi) is 4.18. The van der Waals surface area contributed by atoms with E-state index in [1.54, 1.807) is 34.1 Å². The fraction of sp³-hybridized carbons (Fsp3) is 0.375. The van der Waals surface area contributed by atoms with E-state index < -0.39 is 0 Å². The van der Waals surface area contributed by atoms with E-state index in [1.807, 2.05) is 7.05 Å². The molecule has 0 bridgehead atoms. The third-order valence-electron chi connectivity index (χ3n) is 3.99. The second-order valence-electron chi connectivity index (χ2n) is 5.52. The normalized spacial score (nSPS) is 14.9. The number of anilines is 1. The molecule has 1 amide bonds. The number of rotatable bonds is 3. The molecular weight excluding hydrogens is 299 g/mol. The number of aryl methyl sites for hydroxylation is 1. The first-order valence-corrected chi connectivity index (χ1v) is 7.44. The SMILES string of the molecule is COc1cc(N2CCN(C(=O)c3cn(C)cn3)CC2)ccc1F. The van der Waals surface area contributed by atoms with Crippen molar-refractivity contribution in [1.82, 2.24) is 14.5 Å². The van der Waals surface area contributed by atoms with Gasteiger partial charge in [-0.15, -0.1) is 0 Å². The third kappa shape index (κ3) is 3.13. The van der Waals surface area contributed by atoms with E-state index in [1.165, 1.54) is 13.2 Å². The van der Waals surface area contributed by atoms with E-state index in [0.29, 0.717) is 31.9 Å². The van der Waals surface area contributed by atoms with Crippen LogP contribution in [0.5, 0.6) is 5.75 Å². The smallest absolute Gasteiger partial charge is 0.274 e. The summed E-state index contributed by atoms with van der Waals surface area (Å²) in [6.07, 6.45) is 3.34. The van der Waals surface area contributed by atoms with E-state index in [9.17, 15) is 9.18 Å². The maximum absolute atomic E-state index is 13.5. The van der Waals surface area contributed by atoms with Gasteiger partial charge in [-0.3, -0.25) is 4.79 Å². The van der Waals surface area contributed by atoms with Crippen LogP contribution in [0.2, 0.25) is 0 Å². The van der Waals surface area contributed by atoms with Crippen molar-refractivity contribution in [2.75, 3.05) is 38.2 Å². The van der Waals surface area contributed by atoms with Crippen molar-refractivity contribution < 1.29 is 13.9 Å². The lowest BCUT2D eigenvalue weighted by molar-refractivity contribution is 0.0741. The quantitative estimate of drug-likeness (QED) is 0.861.